The van der Waals surface area contributed by atoms with Crippen LogP contribution in [0.1, 0.15) is 51.0 Å². The number of rotatable bonds is 11. The molecule has 1 aliphatic heterocycles. The van der Waals surface area contributed by atoms with Crippen LogP contribution < -0.4 is 10.1 Å². The number of esters is 1. The number of amidine groups is 1. The first-order chi connectivity index (χ1) is 14.1. The largest absolute Gasteiger partial charge is 0.494 e. The Kier molecular flexibility index (Phi) is 9.99. The maximum atomic E-state index is 11.7. The predicted molar refractivity (Wildman–Crippen MR) is 116 cm³/mol. The number of thioether (sulfide) groups is 1. The predicted octanol–water partition coefficient (Wildman–Crippen LogP) is 4.04. The highest BCUT2D eigenvalue weighted by molar-refractivity contribution is 8.18. The van der Waals surface area contributed by atoms with Gasteiger partial charge in [-0.1, -0.05) is 39.0 Å². The van der Waals surface area contributed by atoms with Gasteiger partial charge in [0.05, 0.1) is 24.8 Å². The summed E-state index contributed by atoms with van der Waals surface area (Å²) in [6.07, 6.45) is 10.1. The van der Waals surface area contributed by atoms with Gasteiger partial charge in [-0.15, -0.1) is 5.10 Å². The molecule has 1 saturated heterocycles. The van der Waals surface area contributed by atoms with Gasteiger partial charge in [-0.05, 0) is 48.0 Å². The number of benzene rings is 1. The van der Waals surface area contributed by atoms with E-state index in [1.165, 1.54) is 39.2 Å². The number of nitrogens with one attached hydrogen (secondary N) is 1. The summed E-state index contributed by atoms with van der Waals surface area (Å²) in [6, 6.07) is 7.58. The second-order valence-corrected chi connectivity index (χ2v) is 7.45. The summed E-state index contributed by atoms with van der Waals surface area (Å²) in [5.41, 5.74) is 0.862. The molecule has 1 aromatic rings. The summed E-state index contributed by atoms with van der Waals surface area (Å²) in [6.45, 7) is 2.95. The third-order valence-electron chi connectivity index (χ3n) is 4.10. The van der Waals surface area contributed by atoms with Gasteiger partial charge in [0.2, 0.25) is 0 Å². The number of carbonyl (C=O) groups is 2. The van der Waals surface area contributed by atoms with Gasteiger partial charge in [0.1, 0.15) is 5.75 Å². The van der Waals surface area contributed by atoms with E-state index in [4.69, 9.17) is 4.74 Å². The van der Waals surface area contributed by atoms with Gasteiger partial charge in [-0.2, -0.15) is 5.10 Å². The molecule has 1 fully saturated rings. The maximum absolute atomic E-state index is 11.7. The van der Waals surface area contributed by atoms with Gasteiger partial charge in [-0.25, -0.2) is 4.79 Å². The van der Waals surface area contributed by atoms with Crippen LogP contribution in [0.25, 0.3) is 0 Å². The lowest BCUT2D eigenvalue weighted by molar-refractivity contribution is -0.135. The fourth-order valence-electron chi connectivity index (χ4n) is 2.51. The molecule has 156 valence electrons. The number of unbranched alkanes of at least 4 members (excludes halogenated alkanes) is 5. The number of carbonyl (C=O) groups excluding carboxylic acids is 2. The summed E-state index contributed by atoms with van der Waals surface area (Å²) in [4.78, 5) is 23.2. The minimum absolute atomic E-state index is 0.220. The molecule has 0 unspecified atom stereocenters. The third-order valence-corrected chi connectivity index (χ3v) is 5.00. The zero-order valence-electron chi connectivity index (χ0n) is 16.8. The summed E-state index contributed by atoms with van der Waals surface area (Å²) < 4.78 is 10.3. The van der Waals surface area contributed by atoms with E-state index in [0.717, 1.165) is 42.2 Å². The SMILES string of the molecule is CCCCCCCCOc1ccc(C=N/N=C2/NC(=O)/C(=C\C(=O)OC)S2)cc1. The molecule has 1 heterocycles. The molecule has 8 heteroatoms. The molecule has 1 amide bonds. The summed E-state index contributed by atoms with van der Waals surface area (Å²) in [5.74, 6) is -0.161. The number of methoxy groups -OCH3 is 1. The fraction of sp³-hybridized carbons (Fsp3) is 0.429. The summed E-state index contributed by atoms with van der Waals surface area (Å²) in [5, 5.41) is 10.8. The van der Waals surface area contributed by atoms with E-state index in [1.54, 1.807) is 6.21 Å². The number of hydrogen-bond donors (Lipinski definition) is 1. The Labute approximate surface area is 175 Å². The molecule has 0 radical (unpaired) electrons. The van der Waals surface area contributed by atoms with Crippen molar-refractivity contribution in [2.45, 2.75) is 45.4 Å². The molecule has 0 atom stereocenters. The Bertz CT molecular complexity index is 773. The molecule has 0 spiro atoms. The van der Waals surface area contributed by atoms with Crippen LogP contribution in [0.4, 0.5) is 0 Å². The molecular weight excluding hydrogens is 390 g/mol. The lowest BCUT2D eigenvalue weighted by Gasteiger charge is -2.06. The average molecular weight is 418 g/mol. The highest BCUT2D eigenvalue weighted by Gasteiger charge is 2.24. The number of hydrogen-bond acceptors (Lipinski definition) is 7. The van der Waals surface area contributed by atoms with Crippen molar-refractivity contribution >= 4 is 35.0 Å². The van der Waals surface area contributed by atoms with Crippen molar-refractivity contribution in [3.05, 3.63) is 40.8 Å². The molecule has 7 nitrogen and oxygen atoms in total. The highest BCUT2D eigenvalue weighted by atomic mass is 32.2. The first-order valence-corrected chi connectivity index (χ1v) is 10.6. The van der Waals surface area contributed by atoms with Crippen LogP contribution in [-0.4, -0.2) is 37.0 Å². The van der Waals surface area contributed by atoms with Crippen LogP contribution in [0, 0.1) is 0 Å². The van der Waals surface area contributed by atoms with Crippen molar-refractivity contribution in [3.63, 3.8) is 0 Å². The van der Waals surface area contributed by atoms with Crippen molar-refractivity contribution in [3.8, 4) is 5.75 Å². The molecule has 29 heavy (non-hydrogen) atoms. The highest BCUT2D eigenvalue weighted by Crippen LogP contribution is 2.23. The van der Waals surface area contributed by atoms with Crippen molar-refractivity contribution < 1.29 is 19.1 Å². The third kappa shape index (κ3) is 8.51. The van der Waals surface area contributed by atoms with Gasteiger partial charge in [0.25, 0.3) is 5.91 Å². The molecule has 0 bridgehead atoms. The fourth-order valence-corrected chi connectivity index (χ4v) is 3.25. The van der Waals surface area contributed by atoms with Crippen molar-refractivity contribution in [2.75, 3.05) is 13.7 Å². The van der Waals surface area contributed by atoms with Crippen LogP contribution >= 0.6 is 11.8 Å². The van der Waals surface area contributed by atoms with E-state index in [9.17, 15) is 9.59 Å². The van der Waals surface area contributed by atoms with Gasteiger partial charge in [0.15, 0.2) is 5.17 Å². The van der Waals surface area contributed by atoms with Crippen LogP contribution in [0.3, 0.4) is 0 Å². The van der Waals surface area contributed by atoms with E-state index in [1.807, 2.05) is 24.3 Å². The zero-order chi connectivity index (χ0) is 20.9. The van der Waals surface area contributed by atoms with E-state index in [0.29, 0.717) is 5.17 Å². The molecule has 1 N–H and O–H groups in total. The van der Waals surface area contributed by atoms with E-state index in [2.05, 4.69) is 27.2 Å². The Morgan fingerprint density at radius 2 is 1.86 bits per heavy atom. The normalized spacial score (nSPS) is 16.6. The number of nitrogens with zero attached hydrogens (tertiary/aromatic N) is 2. The van der Waals surface area contributed by atoms with Gasteiger partial charge in [-0.3, -0.25) is 10.1 Å². The monoisotopic (exact) mass is 417 g/mol. The molecule has 1 aromatic carbocycles. The van der Waals surface area contributed by atoms with E-state index < -0.39 is 11.9 Å². The molecule has 1 aliphatic rings. The van der Waals surface area contributed by atoms with Crippen molar-refractivity contribution in [1.82, 2.24) is 5.32 Å². The second kappa shape index (κ2) is 12.8. The Hall–Kier alpha value is -2.61. The van der Waals surface area contributed by atoms with Crippen LogP contribution in [0.5, 0.6) is 5.75 Å². The van der Waals surface area contributed by atoms with Crippen LogP contribution in [0.15, 0.2) is 45.4 Å². The summed E-state index contributed by atoms with van der Waals surface area (Å²) in [7, 11) is 1.25. The Morgan fingerprint density at radius 3 is 2.59 bits per heavy atom. The lowest BCUT2D eigenvalue weighted by Crippen LogP contribution is -2.19. The number of amides is 1. The van der Waals surface area contributed by atoms with Crippen molar-refractivity contribution in [2.24, 2.45) is 10.2 Å². The van der Waals surface area contributed by atoms with Crippen LogP contribution in [0.2, 0.25) is 0 Å². The van der Waals surface area contributed by atoms with Gasteiger partial charge < -0.3 is 9.47 Å². The Morgan fingerprint density at radius 1 is 1.14 bits per heavy atom. The van der Waals surface area contributed by atoms with Gasteiger partial charge >= 0.3 is 5.97 Å². The summed E-state index contributed by atoms with van der Waals surface area (Å²) >= 11 is 1.03. The average Bonchev–Trinajstić information content (AvgIpc) is 3.07. The van der Waals surface area contributed by atoms with Gasteiger partial charge in [0, 0.05) is 6.08 Å². The molecular formula is C21H27N3O4S. The lowest BCUT2D eigenvalue weighted by atomic mass is 10.1. The van der Waals surface area contributed by atoms with Crippen LogP contribution in [-0.2, 0) is 14.3 Å². The first kappa shape index (κ1) is 22.7. The minimum atomic E-state index is -0.591. The maximum Gasteiger partial charge on any atom is 0.331 e. The zero-order valence-corrected chi connectivity index (χ0v) is 17.7. The van der Waals surface area contributed by atoms with Crippen molar-refractivity contribution in [1.29, 1.82) is 0 Å². The number of ether oxygens (including phenoxy) is 2. The molecule has 0 aromatic heterocycles. The topological polar surface area (TPSA) is 89.4 Å². The quantitative estimate of drug-likeness (QED) is 0.193. The second-order valence-electron chi connectivity index (χ2n) is 6.42. The van der Waals surface area contributed by atoms with E-state index in [-0.39, 0.29) is 4.91 Å². The van der Waals surface area contributed by atoms with E-state index >= 15 is 0 Å². The standard InChI is InChI=1S/C21H27N3O4S/c1-3-4-5-6-7-8-13-28-17-11-9-16(10-12-17)15-22-24-21-23-20(26)18(29-21)14-19(25)27-2/h9-12,14-15H,3-8,13H2,1-2H3,(H,23,24,26)/b18-14+,22-15?. The minimum Gasteiger partial charge on any atom is -0.494 e. The molecule has 2 rings (SSSR count). The Balaban J connectivity index is 1.76. The molecule has 0 saturated carbocycles. The smallest absolute Gasteiger partial charge is 0.331 e. The molecule has 0 aliphatic carbocycles. The first-order valence-electron chi connectivity index (χ1n) is 9.75.